The van der Waals surface area contributed by atoms with Crippen LogP contribution in [-0.2, 0) is 9.53 Å². The number of anilines is 1. The lowest BCUT2D eigenvalue weighted by Crippen LogP contribution is -2.38. The van der Waals surface area contributed by atoms with Crippen LogP contribution in [0.15, 0.2) is 25.2 Å². The molecule has 2 aromatic rings. The zero-order valence-electron chi connectivity index (χ0n) is 15.6. The molecule has 1 amide bonds. The summed E-state index contributed by atoms with van der Waals surface area (Å²) in [4.78, 5) is 26.2. The second-order valence-electron chi connectivity index (χ2n) is 7.40. The van der Waals surface area contributed by atoms with Gasteiger partial charge in [0, 0.05) is 38.5 Å². The molecule has 2 fully saturated rings. The van der Waals surface area contributed by atoms with E-state index in [0.29, 0.717) is 12.5 Å². The lowest BCUT2D eigenvalue weighted by atomic mass is 9.92. The third kappa shape index (κ3) is 3.83. The standard InChI is InChI=1S/C20H27N5O2/c1-2-17(26)25-8-4-3-5-15(12-25)24-20-18-16(14-6-9-27-10-7-14)11-21-19(18)22-13-23-20/h2,11,13-15H,1,3-10,12H2,(H2,21,22,23,24)/t15-/m1/s1. The highest BCUT2D eigenvalue weighted by molar-refractivity contribution is 5.91. The smallest absolute Gasteiger partial charge is 0.246 e. The minimum atomic E-state index is 0.000994. The molecule has 0 radical (unpaired) electrons. The number of nitrogens with zero attached hydrogens (tertiary/aromatic N) is 3. The molecule has 27 heavy (non-hydrogen) atoms. The van der Waals surface area contributed by atoms with Crippen LogP contribution in [0.5, 0.6) is 0 Å². The summed E-state index contributed by atoms with van der Waals surface area (Å²) in [6.45, 7) is 6.69. The van der Waals surface area contributed by atoms with Crippen LogP contribution in [0.25, 0.3) is 11.0 Å². The molecule has 0 aromatic carbocycles. The van der Waals surface area contributed by atoms with Crippen molar-refractivity contribution in [3.63, 3.8) is 0 Å². The number of ether oxygens (including phenoxy) is 1. The fraction of sp³-hybridized carbons (Fsp3) is 0.550. The first-order chi connectivity index (χ1) is 13.3. The second kappa shape index (κ2) is 8.08. The SMILES string of the molecule is C=CC(=O)N1CCCC[C@@H](Nc2ncnc3[nH]cc(C4CCOCC4)c23)C1. The maximum absolute atomic E-state index is 12.1. The highest BCUT2D eigenvalue weighted by Gasteiger charge is 2.25. The van der Waals surface area contributed by atoms with E-state index < -0.39 is 0 Å². The summed E-state index contributed by atoms with van der Waals surface area (Å²) < 4.78 is 5.52. The van der Waals surface area contributed by atoms with Crippen LogP contribution in [0.1, 0.15) is 43.6 Å². The normalized spacial score (nSPS) is 21.8. The van der Waals surface area contributed by atoms with Gasteiger partial charge < -0.3 is 19.9 Å². The van der Waals surface area contributed by atoms with Gasteiger partial charge in [-0.1, -0.05) is 6.58 Å². The van der Waals surface area contributed by atoms with Crippen LogP contribution in [0.2, 0.25) is 0 Å². The summed E-state index contributed by atoms with van der Waals surface area (Å²) in [6, 6.07) is 0.173. The molecule has 2 aliphatic heterocycles. The first-order valence-corrected chi connectivity index (χ1v) is 9.84. The summed E-state index contributed by atoms with van der Waals surface area (Å²) in [5, 5.41) is 4.69. The molecule has 0 aliphatic carbocycles. The molecule has 0 saturated carbocycles. The van der Waals surface area contributed by atoms with Crippen molar-refractivity contribution in [1.29, 1.82) is 0 Å². The van der Waals surface area contributed by atoms with Crippen LogP contribution in [0.4, 0.5) is 5.82 Å². The predicted octanol–water partition coefficient (Wildman–Crippen LogP) is 2.83. The van der Waals surface area contributed by atoms with Gasteiger partial charge in [0.1, 0.15) is 17.8 Å². The molecule has 2 N–H and O–H groups in total. The Morgan fingerprint density at radius 3 is 2.96 bits per heavy atom. The van der Waals surface area contributed by atoms with E-state index in [4.69, 9.17) is 4.74 Å². The van der Waals surface area contributed by atoms with Crippen LogP contribution >= 0.6 is 0 Å². The topological polar surface area (TPSA) is 83.1 Å². The molecule has 4 rings (SSSR count). The summed E-state index contributed by atoms with van der Waals surface area (Å²) in [5.41, 5.74) is 2.13. The number of carbonyl (C=O) groups excluding carboxylic acids is 1. The number of fused-ring (bicyclic) bond motifs is 1. The van der Waals surface area contributed by atoms with E-state index in [9.17, 15) is 4.79 Å². The van der Waals surface area contributed by atoms with Crippen LogP contribution < -0.4 is 5.32 Å². The monoisotopic (exact) mass is 369 g/mol. The van der Waals surface area contributed by atoms with Gasteiger partial charge in [-0.2, -0.15) is 0 Å². The Labute approximate surface area is 159 Å². The number of rotatable bonds is 4. The van der Waals surface area contributed by atoms with Gasteiger partial charge in [0.2, 0.25) is 5.91 Å². The molecule has 0 spiro atoms. The van der Waals surface area contributed by atoms with Crippen molar-refractivity contribution >= 4 is 22.8 Å². The lowest BCUT2D eigenvalue weighted by Gasteiger charge is -2.25. The highest BCUT2D eigenvalue weighted by atomic mass is 16.5. The number of H-pyrrole nitrogens is 1. The lowest BCUT2D eigenvalue weighted by molar-refractivity contribution is -0.126. The number of amides is 1. The fourth-order valence-electron chi connectivity index (χ4n) is 4.21. The number of aromatic nitrogens is 3. The highest BCUT2D eigenvalue weighted by Crippen LogP contribution is 2.35. The number of hydrogen-bond acceptors (Lipinski definition) is 5. The number of likely N-dealkylation sites (tertiary alicyclic amines) is 1. The minimum absolute atomic E-state index is 0.000994. The van der Waals surface area contributed by atoms with Crippen LogP contribution in [0, 0.1) is 0 Å². The quantitative estimate of drug-likeness (QED) is 0.810. The van der Waals surface area contributed by atoms with Gasteiger partial charge in [0.25, 0.3) is 0 Å². The summed E-state index contributed by atoms with van der Waals surface area (Å²) >= 11 is 0. The van der Waals surface area contributed by atoms with E-state index in [1.165, 1.54) is 11.6 Å². The number of carbonyl (C=O) groups is 1. The molecule has 1 atom stereocenters. The largest absolute Gasteiger partial charge is 0.381 e. The van der Waals surface area contributed by atoms with Crippen LogP contribution in [-0.4, -0.2) is 58.1 Å². The average Bonchev–Trinajstić information content (AvgIpc) is 3.02. The van der Waals surface area contributed by atoms with Gasteiger partial charge in [-0.25, -0.2) is 9.97 Å². The van der Waals surface area contributed by atoms with Gasteiger partial charge in [-0.05, 0) is 49.7 Å². The summed E-state index contributed by atoms with van der Waals surface area (Å²) in [5.74, 6) is 1.33. The Kier molecular flexibility index (Phi) is 5.38. The molecule has 2 aromatic heterocycles. The van der Waals surface area contributed by atoms with Crippen molar-refractivity contribution in [2.75, 3.05) is 31.6 Å². The maximum Gasteiger partial charge on any atom is 0.246 e. The summed E-state index contributed by atoms with van der Waals surface area (Å²) in [6.07, 6.45) is 10.2. The fourth-order valence-corrected chi connectivity index (χ4v) is 4.21. The Bertz CT molecular complexity index is 812. The van der Waals surface area contributed by atoms with Gasteiger partial charge in [-0.3, -0.25) is 4.79 Å². The van der Waals surface area contributed by atoms with E-state index in [-0.39, 0.29) is 11.9 Å². The summed E-state index contributed by atoms with van der Waals surface area (Å²) in [7, 11) is 0. The third-order valence-electron chi connectivity index (χ3n) is 5.66. The van der Waals surface area contributed by atoms with E-state index in [0.717, 1.165) is 68.7 Å². The molecular weight excluding hydrogens is 342 g/mol. The Morgan fingerprint density at radius 2 is 2.15 bits per heavy atom. The van der Waals surface area contributed by atoms with Gasteiger partial charge >= 0.3 is 0 Å². The number of nitrogens with one attached hydrogen (secondary N) is 2. The van der Waals surface area contributed by atoms with Crippen molar-refractivity contribution < 1.29 is 9.53 Å². The Hall–Kier alpha value is -2.41. The maximum atomic E-state index is 12.1. The molecule has 4 heterocycles. The Morgan fingerprint density at radius 1 is 1.30 bits per heavy atom. The predicted molar refractivity (Wildman–Crippen MR) is 105 cm³/mol. The first kappa shape index (κ1) is 18.0. The third-order valence-corrected chi connectivity index (χ3v) is 5.66. The van der Waals surface area contributed by atoms with E-state index in [1.807, 2.05) is 4.90 Å². The second-order valence-corrected chi connectivity index (χ2v) is 7.40. The molecule has 2 aliphatic rings. The molecule has 0 unspecified atom stereocenters. The van der Waals surface area contributed by atoms with Gasteiger partial charge in [0.05, 0.1) is 5.39 Å². The molecule has 7 nitrogen and oxygen atoms in total. The molecule has 144 valence electrons. The van der Waals surface area contributed by atoms with Crippen molar-refractivity contribution in [2.45, 2.75) is 44.1 Å². The van der Waals surface area contributed by atoms with Gasteiger partial charge in [0.15, 0.2) is 0 Å². The molecule has 2 saturated heterocycles. The number of hydrogen-bond donors (Lipinski definition) is 2. The van der Waals surface area contributed by atoms with Crippen LogP contribution in [0.3, 0.4) is 0 Å². The average molecular weight is 369 g/mol. The molecular formula is C20H27N5O2. The van der Waals surface area contributed by atoms with Crippen molar-refractivity contribution in [3.8, 4) is 0 Å². The van der Waals surface area contributed by atoms with Crippen molar-refractivity contribution in [3.05, 3.63) is 30.7 Å². The molecule has 7 heteroatoms. The minimum Gasteiger partial charge on any atom is -0.381 e. The Balaban J connectivity index is 1.60. The van der Waals surface area contributed by atoms with E-state index >= 15 is 0 Å². The van der Waals surface area contributed by atoms with E-state index in [2.05, 4.69) is 33.0 Å². The first-order valence-electron chi connectivity index (χ1n) is 9.84. The van der Waals surface area contributed by atoms with Gasteiger partial charge in [-0.15, -0.1) is 0 Å². The zero-order valence-corrected chi connectivity index (χ0v) is 15.6. The zero-order chi connectivity index (χ0) is 18.6. The number of aromatic amines is 1. The molecule has 0 bridgehead atoms. The van der Waals surface area contributed by atoms with E-state index in [1.54, 1.807) is 6.33 Å². The van der Waals surface area contributed by atoms with Crippen molar-refractivity contribution in [1.82, 2.24) is 19.9 Å². The van der Waals surface area contributed by atoms with Crippen molar-refractivity contribution in [2.24, 2.45) is 0 Å².